The highest BCUT2D eigenvalue weighted by Crippen LogP contribution is 2.39. The fourth-order valence-electron chi connectivity index (χ4n) is 3.61. The van der Waals surface area contributed by atoms with E-state index in [-0.39, 0.29) is 11.3 Å². The van der Waals surface area contributed by atoms with Crippen LogP contribution < -0.4 is 4.90 Å². The van der Waals surface area contributed by atoms with E-state index >= 15 is 0 Å². The van der Waals surface area contributed by atoms with Gasteiger partial charge >= 0.3 is 0 Å². The Balaban J connectivity index is 2.13. The van der Waals surface area contributed by atoms with Crippen LogP contribution in [0.4, 0.5) is 5.69 Å². The number of anilines is 1. The van der Waals surface area contributed by atoms with E-state index in [9.17, 15) is 14.7 Å². The number of unbranched alkanes of at least 4 members (excludes halogenated alkanes) is 1. The Bertz CT molecular complexity index is 928. The lowest BCUT2D eigenvalue weighted by Gasteiger charge is -2.25. The van der Waals surface area contributed by atoms with Crippen LogP contribution in [-0.4, -0.2) is 42.3 Å². The van der Waals surface area contributed by atoms with Crippen LogP contribution in [0.5, 0.6) is 0 Å². The third-order valence-electron chi connectivity index (χ3n) is 5.34. The van der Waals surface area contributed by atoms with Gasteiger partial charge in [-0.2, -0.15) is 0 Å². The van der Waals surface area contributed by atoms with Crippen LogP contribution in [-0.2, 0) is 9.59 Å². The number of benzene rings is 2. The Labute approximate surface area is 172 Å². The van der Waals surface area contributed by atoms with Crippen LogP contribution in [0.1, 0.15) is 42.5 Å². The zero-order valence-electron chi connectivity index (χ0n) is 17.5. The molecule has 5 nitrogen and oxygen atoms in total. The summed E-state index contributed by atoms with van der Waals surface area (Å²) in [5.74, 6) is -1.29. The van der Waals surface area contributed by atoms with Crippen molar-refractivity contribution < 1.29 is 14.7 Å². The number of ketones is 1. The molecule has 1 saturated heterocycles. The van der Waals surface area contributed by atoms with Gasteiger partial charge in [0.15, 0.2) is 0 Å². The van der Waals surface area contributed by atoms with Gasteiger partial charge in [0, 0.05) is 31.9 Å². The number of nitrogens with zero attached hydrogens (tertiary/aromatic N) is 2. The van der Waals surface area contributed by atoms with Gasteiger partial charge in [-0.1, -0.05) is 55.3 Å². The van der Waals surface area contributed by atoms with E-state index in [1.54, 1.807) is 17.0 Å². The highest BCUT2D eigenvalue weighted by Gasteiger charge is 2.45. The first kappa shape index (κ1) is 20.6. The molecule has 2 aromatic rings. The molecule has 1 aliphatic heterocycles. The molecule has 0 spiro atoms. The molecule has 29 heavy (non-hydrogen) atoms. The summed E-state index contributed by atoms with van der Waals surface area (Å²) < 4.78 is 0. The molecule has 152 valence electrons. The van der Waals surface area contributed by atoms with E-state index in [1.165, 1.54) is 0 Å². The number of hydrogen-bond donors (Lipinski definition) is 1. The number of aliphatic hydroxyl groups excluding tert-OH is 1. The molecule has 1 amide bonds. The number of amides is 1. The summed E-state index contributed by atoms with van der Waals surface area (Å²) in [5.41, 5.74) is 3.60. The number of carbonyl (C=O) groups excluding carboxylic acids is 2. The topological polar surface area (TPSA) is 60.9 Å². The average Bonchev–Trinajstić information content (AvgIpc) is 2.97. The molecule has 0 aromatic heterocycles. The zero-order valence-corrected chi connectivity index (χ0v) is 17.5. The second-order valence-corrected chi connectivity index (χ2v) is 7.70. The molecule has 1 atom stereocenters. The fraction of sp³-hybridized carbons (Fsp3) is 0.333. The number of rotatable bonds is 6. The number of aryl methyl sites for hydroxylation is 1. The first-order valence-corrected chi connectivity index (χ1v) is 9.98. The number of likely N-dealkylation sites (tertiary alicyclic amines) is 1. The lowest BCUT2D eigenvalue weighted by atomic mass is 9.94. The third-order valence-corrected chi connectivity index (χ3v) is 5.34. The Morgan fingerprint density at radius 1 is 1.03 bits per heavy atom. The smallest absolute Gasteiger partial charge is 0.295 e. The molecule has 3 rings (SSSR count). The van der Waals surface area contributed by atoms with Crippen molar-refractivity contribution in [1.29, 1.82) is 0 Å². The summed E-state index contributed by atoms with van der Waals surface area (Å²) in [6.07, 6.45) is 1.71. The van der Waals surface area contributed by atoms with E-state index < -0.39 is 17.7 Å². The summed E-state index contributed by atoms with van der Waals surface area (Å²) >= 11 is 0. The molecule has 0 bridgehead atoms. The van der Waals surface area contributed by atoms with Gasteiger partial charge in [-0.05, 0) is 31.0 Å². The maximum absolute atomic E-state index is 12.9. The van der Waals surface area contributed by atoms with Gasteiger partial charge in [0.05, 0.1) is 11.6 Å². The maximum Gasteiger partial charge on any atom is 0.295 e. The quantitative estimate of drug-likeness (QED) is 0.453. The van der Waals surface area contributed by atoms with Gasteiger partial charge in [-0.15, -0.1) is 0 Å². The van der Waals surface area contributed by atoms with Crippen LogP contribution >= 0.6 is 0 Å². The second kappa shape index (κ2) is 8.52. The third kappa shape index (κ3) is 4.04. The van der Waals surface area contributed by atoms with E-state index in [2.05, 4.69) is 0 Å². The number of hydrogen-bond acceptors (Lipinski definition) is 4. The van der Waals surface area contributed by atoms with E-state index in [0.717, 1.165) is 29.7 Å². The fourth-order valence-corrected chi connectivity index (χ4v) is 3.61. The molecule has 0 radical (unpaired) electrons. The van der Waals surface area contributed by atoms with Crippen molar-refractivity contribution in [3.05, 3.63) is 70.8 Å². The largest absolute Gasteiger partial charge is 0.507 e. The minimum atomic E-state index is -0.624. The summed E-state index contributed by atoms with van der Waals surface area (Å²) in [6.45, 7) is 4.48. The van der Waals surface area contributed by atoms with Crippen molar-refractivity contribution in [2.45, 2.75) is 32.7 Å². The Morgan fingerprint density at radius 2 is 1.66 bits per heavy atom. The first-order chi connectivity index (χ1) is 13.8. The Hall–Kier alpha value is -3.08. The van der Waals surface area contributed by atoms with Gasteiger partial charge in [-0.3, -0.25) is 9.59 Å². The van der Waals surface area contributed by atoms with Crippen LogP contribution in [0, 0.1) is 6.92 Å². The van der Waals surface area contributed by atoms with Crippen molar-refractivity contribution in [3.8, 4) is 0 Å². The van der Waals surface area contributed by atoms with Crippen molar-refractivity contribution >= 4 is 23.1 Å². The molecule has 1 aliphatic rings. The van der Waals surface area contributed by atoms with E-state index in [1.807, 2.05) is 69.2 Å². The standard InChI is InChI=1S/C24H28N2O3/c1-5-6-15-26-21(17-11-13-19(14-12-17)25(3)4)20(23(28)24(26)29)22(27)18-9-7-16(2)8-10-18/h7-14,21,27H,5-6,15H2,1-4H3/t21-/m1/s1. The van der Waals surface area contributed by atoms with E-state index in [4.69, 9.17) is 0 Å². The zero-order chi connectivity index (χ0) is 21.1. The minimum Gasteiger partial charge on any atom is -0.507 e. The maximum atomic E-state index is 12.9. The highest BCUT2D eigenvalue weighted by atomic mass is 16.3. The van der Waals surface area contributed by atoms with Crippen molar-refractivity contribution in [2.75, 3.05) is 25.5 Å². The highest BCUT2D eigenvalue weighted by molar-refractivity contribution is 6.46. The van der Waals surface area contributed by atoms with Crippen LogP contribution in [0.3, 0.4) is 0 Å². The molecular formula is C24H28N2O3. The van der Waals surface area contributed by atoms with Crippen LogP contribution in [0.15, 0.2) is 54.1 Å². The Morgan fingerprint density at radius 3 is 2.21 bits per heavy atom. The SMILES string of the molecule is CCCCN1C(=O)C(=O)C(=C(O)c2ccc(C)cc2)[C@H]1c1ccc(N(C)C)cc1. The summed E-state index contributed by atoms with van der Waals surface area (Å²) in [4.78, 5) is 29.3. The monoisotopic (exact) mass is 392 g/mol. The van der Waals surface area contributed by atoms with Gasteiger partial charge in [0.2, 0.25) is 0 Å². The summed E-state index contributed by atoms with van der Waals surface area (Å²) in [5, 5.41) is 11.0. The molecule has 0 aliphatic carbocycles. The molecule has 1 N–H and O–H groups in total. The van der Waals surface area contributed by atoms with Gasteiger partial charge < -0.3 is 14.9 Å². The molecule has 5 heteroatoms. The molecule has 0 unspecified atom stereocenters. The molecule has 0 saturated carbocycles. The van der Waals surface area contributed by atoms with Crippen molar-refractivity contribution in [3.63, 3.8) is 0 Å². The normalized spacial score (nSPS) is 18.3. The predicted molar refractivity (Wildman–Crippen MR) is 116 cm³/mol. The lowest BCUT2D eigenvalue weighted by molar-refractivity contribution is -0.139. The van der Waals surface area contributed by atoms with Gasteiger partial charge in [0.25, 0.3) is 11.7 Å². The van der Waals surface area contributed by atoms with Crippen molar-refractivity contribution in [2.24, 2.45) is 0 Å². The molecule has 1 heterocycles. The molecular weight excluding hydrogens is 364 g/mol. The minimum absolute atomic E-state index is 0.121. The first-order valence-electron chi connectivity index (χ1n) is 9.98. The van der Waals surface area contributed by atoms with Gasteiger partial charge in [0.1, 0.15) is 5.76 Å². The summed E-state index contributed by atoms with van der Waals surface area (Å²) in [6, 6.07) is 14.5. The van der Waals surface area contributed by atoms with Crippen molar-refractivity contribution in [1.82, 2.24) is 4.90 Å². The summed E-state index contributed by atoms with van der Waals surface area (Å²) in [7, 11) is 3.92. The average molecular weight is 392 g/mol. The number of carbonyl (C=O) groups is 2. The Kier molecular flexibility index (Phi) is 6.06. The van der Waals surface area contributed by atoms with Gasteiger partial charge in [-0.25, -0.2) is 0 Å². The van der Waals surface area contributed by atoms with Crippen LogP contribution in [0.2, 0.25) is 0 Å². The lowest BCUT2D eigenvalue weighted by Crippen LogP contribution is -2.30. The molecule has 1 fully saturated rings. The predicted octanol–water partition coefficient (Wildman–Crippen LogP) is 4.28. The van der Waals surface area contributed by atoms with Crippen LogP contribution in [0.25, 0.3) is 5.76 Å². The second-order valence-electron chi connectivity index (χ2n) is 7.70. The number of Topliss-reactive ketones (excluding diaryl/α,β-unsaturated/α-hetero) is 1. The van der Waals surface area contributed by atoms with E-state index in [0.29, 0.717) is 12.1 Å². The number of aliphatic hydroxyl groups is 1. The molecule has 2 aromatic carbocycles.